The Morgan fingerprint density at radius 1 is 0.947 bits per heavy atom. The molecule has 98 valence electrons. The molecule has 0 atom stereocenters. The summed E-state index contributed by atoms with van der Waals surface area (Å²) in [6, 6.07) is 14.9. The molecule has 2 aromatic rings. The van der Waals surface area contributed by atoms with Crippen LogP contribution >= 0.6 is 0 Å². The normalized spacial score (nSPS) is 10.7. The highest BCUT2D eigenvalue weighted by Crippen LogP contribution is 2.14. The molecular weight excluding hydrogens is 234 g/mol. The quantitative estimate of drug-likeness (QED) is 0.667. The van der Waals surface area contributed by atoms with E-state index in [0.29, 0.717) is 17.2 Å². The summed E-state index contributed by atoms with van der Waals surface area (Å²) in [5.41, 5.74) is 8.95. The van der Waals surface area contributed by atoms with E-state index in [1.54, 1.807) is 24.3 Å². The molecule has 0 saturated heterocycles. The van der Waals surface area contributed by atoms with E-state index in [1.165, 1.54) is 5.56 Å². The van der Waals surface area contributed by atoms with Crippen molar-refractivity contribution < 1.29 is 4.79 Å². The number of ketones is 1. The van der Waals surface area contributed by atoms with E-state index in [4.69, 9.17) is 5.73 Å². The minimum Gasteiger partial charge on any atom is -0.399 e. The van der Waals surface area contributed by atoms with Gasteiger partial charge in [0.1, 0.15) is 0 Å². The topological polar surface area (TPSA) is 43.1 Å². The molecular formula is C17H19NO. The molecule has 0 aliphatic heterocycles. The van der Waals surface area contributed by atoms with Crippen LogP contribution in [0.4, 0.5) is 5.69 Å². The minimum atomic E-state index is 0.0381. The van der Waals surface area contributed by atoms with Crippen molar-refractivity contribution in [3.63, 3.8) is 0 Å². The lowest BCUT2D eigenvalue weighted by molar-refractivity contribution is 0.103. The van der Waals surface area contributed by atoms with Crippen LogP contribution < -0.4 is 5.73 Å². The van der Waals surface area contributed by atoms with Crippen LogP contribution in [-0.2, 0) is 6.42 Å². The number of hydrogen-bond donors (Lipinski definition) is 1. The molecule has 0 saturated carbocycles. The maximum Gasteiger partial charge on any atom is 0.193 e. The van der Waals surface area contributed by atoms with Crippen LogP contribution in [0.2, 0.25) is 0 Å². The Balaban J connectivity index is 2.17. The molecule has 2 rings (SSSR count). The van der Waals surface area contributed by atoms with Crippen molar-refractivity contribution in [2.45, 2.75) is 20.3 Å². The van der Waals surface area contributed by atoms with E-state index in [0.717, 1.165) is 12.0 Å². The lowest BCUT2D eigenvalue weighted by Crippen LogP contribution is -2.02. The predicted molar refractivity (Wildman–Crippen MR) is 79.3 cm³/mol. The number of anilines is 1. The molecule has 2 heteroatoms. The van der Waals surface area contributed by atoms with Crippen molar-refractivity contribution in [3.05, 3.63) is 65.2 Å². The van der Waals surface area contributed by atoms with Crippen LogP contribution in [0.15, 0.2) is 48.5 Å². The number of nitrogens with two attached hydrogens (primary N) is 1. The number of rotatable bonds is 4. The van der Waals surface area contributed by atoms with Crippen LogP contribution in [0.25, 0.3) is 0 Å². The van der Waals surface area contributed by atoms with E-state index in [1.807, 2.05) is 24.3 Å². The fourth-order valence-corrected chi connectivity index (χ4v) is 2.06. The van der Waals surface area contributed by atoms with Gasteiger partial charge in [0, 0.05) is 16.8 Å². The summed E-state index contributed by atoms with van der Waals surface area (Å²) >= 11 is 0. The zero-order valence-corrected chi connectivity index (χ0v) is 11.4. The highest BCUT2D eigenvalue weighted by atomic mass is 16.1. The van der Waals surface area contributed by atoms with E-state index in [9.17, 15) is 4.79 Å². The van der Waals surface area contributed by atoms with Gasteiger partial charge in [0.15, 0.2) is 5.78 Å². The van der Waals surface area contributed by atoms with Gasteiger partial charge in [-0.2, -0.15) is 0 Å². The van der Waals surface area contributed by atoms with Gasteiger partial charge in [-0.05, 0) is 42.2 Å². The smallest absolute Gasteiger partial charge is 0.193 e. The van der Waals surface area contributed by atoms with Crippen molar-refractivity contribution in [3.8, 4) is 0 Å². The molecule has 2 nitrogen and oxygen atoms in total. The van der Waals surface area contributed by atoms with E-state index in [-0.39, 0.29) is 5.78 Å². The number of hydrogen-bond acceptors (Lipinski definition) is 2. The number of carbonyl (C=O) groups is 1. The number of carbonyl (C=O) groups excluding carboxylic acids is 1. The van der Waals surface area contributed by atoms with Crippen LogP contribution in [0.1, 0.15) is 35.3 Å². The molecule has 0 spiro atoms. The first-order valence-electron chi connectivity index (χ1n) is 6.55. The molecule has 0 aliphatic carbocycles. The average Bonchev–Trinajstić information content (AvgIpc) is 2.39. The molecule has 2 aromatic carbocycles. The molecule has 19 heavy (non-hydrogen) atoms. The Morgan fingerprint density at radius 2 is 1.42 bits per heavy atom. The van der Waals surface area contributed by atoms with Crippen LogP contribution in [0, 0.1) is 5.92 Å². The summed E-state index contributed by atoms with van der Waals surface area (Å²) in [5, 5.41) is 0. The summed E-state index contributed by atoms with van der Waals surface area (Å²) in [4.78, 5) is 12.3. The van der Waals surface area contributed by atoms with Gasteiger partial charge in [-0.15, -0.1) is 0 Å². The first-order chi connectivity index (χ1) is 9.06. The van der Waals surface area contributed by atoms with Gasteiger partial charge in [0.05, 0.1) is 0 Å². The highest BCUT2D eigenvalue weighted by molar-refractivity contribution is 6.09. The maximum atomic E-state index is 12.3. The molecule has 0 amide bonds. The molecule has 2 N–H and O–H groups in total. The molecule has 0 heterocycles. The van der Waals surface area contributed by atoms with Gasteiger partial charge in [-0.3, -0.25) is 4.79 Å². The maximum absolute atomic E-state index is 12.3. The molecule has 0 radical (unpaired) electrons. The second-order valence-electron chi connectivity index (χ2n) is 5.25. The van der Waals surface area contributed by atoms with Crippen LogP contribution in [0.3, 0.4) is 0 Å². The third-order valence-electron chi connectivity index (χ3n) is 3.03. The second-order valence-corrected chi connectivity index (χ2v) is 5.25. The summed E-state index contributed by atoms with van der Waals surface area (Å²) in [7, 11) is 0. The number of benzene rings is 2. The van der Waals surface area contributed by atoms with Gasteiger partial charge in [-0.25, -0.2) is 0 Å². The van der Waals surface area contributed by atoms with Gasteiger partial charge >= 0.3 is 0 Å². The third-order valence-corrected chi connectivity index (χ3v) is 3.03. The van der Waals surface area contributed by atoms with E-state index >= 15 is 0 Å². The monoisotopic (exact) mass is 253 g/mol. The summed E-state index contributed by atoms with van der Waals surface area (Å²) in [6.45, 7) is 4.38. The third kappa shape index (κ3) is 3.44. The minimum absolute atomic E-state index is 0.0381. The Bertz CT molecular complexity index is 553. The van der Waals surface area contributed by atoms with Crippen molar-refractivity contribution in [1.29, 1.82) is 0 Å². The van der Waals surface area contributed by atoms with E-state index < -0.39 is 0 Å². The fourth-order valence-electron chi connectivity index (χ4n) is 2.06. The molecule has 0 aromatic heterocycles. The lowest BCUT2D eigenvalue weighted by Gasteiger charge is -2.06. The van der Waals surface area contributed by atoms with Gasteiger partial charge in [0.2, 0.25) is 0 Å². The van der Waals surface area contributed by atoms with Crippen molar-refractivity contribution in [2.24, 2.45) is 5.92 Å². The lowest BCUT2D eigenvalue weighted by atomic mass is 9.98. The molecule has 0 aliphatic rings. The molecule has 0 fully saturated rings. The largest absolute Gasteiger partial charge is 0.399 e. The summed E-state index contributed by atoms with van der Waals surface area (Å²) in [5.74, 6) is 0.662. The van der Waals surface area contributed by atoms with Crippen LogP contribution in [0.5, 0.6) is 0 Å². The highest BCUT2D eigenvalue weighted by Gasteiger charge is 2.08. The van der Waals surface area contributed by atoms with Crippen molar-refractivity contribution in [1.82, 2.24) is 0 Å². The Hall–Kier alpha value is -2.09. The summed E-state index contributed by atoms with van der Waals surface area (Å²) in [6.07, 6.45) is 1.04. The standard InChI is InChI=1S/C17H19NO/c1-12(2)11-13-3-5-14(6-4-13)17(19)15-7-9-16(18)10-8-15/h3-10,12H,11,18H2,1-2H3. The average molecular weight is 253 g/mol. The molecule has 0 bridgehead atoms. The number of nitrogen functional groups attached to an aromatic ring is 1. The van der Waals surface area contributed by atoms with E-state index in [2.05, 4.69) is 13.8 Å². The van der Waals surface area contributed by atoms with Crippen molar-refractivity contribution in [2.75, 3.05) is 5.73 Å². The van der Waals surface area contributed by atoms with Crippen molar-refractivity contribution >= 4 is 11.5 Å². The summed E-state index contributed by atoms with van der Waals surface area (Å²) < 4.78 is 0. The van der Waals surface area contributed by atoms with Gasteiger partial charge < -0.3 is 5.73 Å². The Kier molecular flexibility index (Phi) is 4.00. The van der Waals surface area contributed by atoms with Crippen LogP contribution in [-0.4, -0.2) is 5.78 Å². The Labute approximate surface area is 114 Å². The zero-order chi connectivity index (χ0) is 13.8. The Morgan fingerprint density at radius 3 is 1.89 bits per heavy atom. The molecule has 0 unspecified atom stereocenters. The fraction of sp³-hybridized carbons (Fsp3) is 0.235. The first-order valence-corrected chi connectivity index (χ1v) is 6.55. The zero-order valence-electron chi connectivity index (χ0n) is 11.4. The SMILES string of the molecule is CC(C)Cc1ccc(C(=O)c2ccc(N)cc2)cc1. The second kappa shape index (κ2) is 5.70. The first kappa shape index (κ1) is 13.3. The van der Waals surface area contributed by atoms with Gasteiger partial charge in [0.25, 0.3) is 0 Å². The van der Waals surface area contributed by atoms with Gasteiger partial charge in [-0.1, -0.05) is 38.1 Å². The predicted octanol–water partition coefficient (Wildman–Crippen LogP) is 3.70.